The zero-order chi connectivity index (χ0) is 23.2. The van der Waals surface area contributed by atoms with E-state index in [1.165, 1.54) is 0 Å². The zero-order valence-corrected chi connectivity index (χ0v) is 18.7. The van der Waals surface area contributed by atoms with Gasteiger partial charge in [0.05, 0.1) is 34.6 Å². The van der Waals surface area contributed by atoms with Crippen LogP contribution < -0.4 is 10.9 Å². The van der Waals surface area contributed by atoms with Crippen molar-refractivity contribution in [3.8, 4) is 12.0 Å². The number of aromatic amines is 1. The number of nitrogens with one attached hydrogen (secondary N) is 2. The minimum absolute atomic E-state index is 0.0243. The number of fused-ring (bicyclic) bond motifs is 1. The monoisotopic (exact) mass is 449 g/mol. The quantitative estimate of drug-likeness (QED) is 0.657. The highest BCUT2D eigenvalue weighted by Gasteiger charge is 2.68. The Morgan fingerprint density at radius 2 is 1.97 bits per heavy atom. The number of carbonyl (C=O) groups is 2. The number of piperazine rings is 1. The number of aromatic nitrogens is 4. The van der Waals surface area contributed by atoms with Gasteiger partial charge in [0.25, 0.3) is 11.5 Å². The molecule has 0 radical (unpaired) electrons. The van der Waals surface area contributed by atoms with Gasteiger partial charge in [-0.1, -0.05) is 0 Å². The summed E-state index contributed by atoms with van der Waals surface area (Å²) in [5.74, 6) is 0.362. The molecular weight excluding hydrogens is 422 g/mol. The maximum absolute atomic E-state index is 12.7. The minimum atomic E-state index is -0.0996. The van der Waals surface area contributed by atoms with Crippen LogP contribution in [-0.2, 0) is 17.6 Å². The van der Waals surface area contributed by atoms with Crippen molar-refractivity contribution in [3.05, 3.63) is 39.1 Å². The third kappa shape index (κ3) is 3.56. The van der Waals surface area contributed by atoms with E-state index in [0.717, 1.165) is 69.2 Å². The molecule has 4 fully saturated rings. The van der Waals surface area contributed by atoms with E-state index >= 15 is 0 Å². The maximum atomic E-state index is 12.7. The summed E-state index contributed by atoms with van der Waals surface area (Å²) in [4.78, 5) is 44.3. The average molecular weight is 450 g/mol. The Kier molecular flexibility index (Phi) is 5.16. The van der Waals surface area contributed by atoms with Crippen LogP contribution in [0.5, 0.6) is 0 Å². The Morgan fingerprint density at radius 3 is 2.64 bits per heavy atom. The van der Waals surface area contributed by atoms with E-state index in [2.05, 4.69) is 26.5 Å². The molecule has 2 bridgehead atoms. The molecule has 7 rings (SSSR count). The summed E-state index contributed by atoms with van der Waals surface area (Å²) in [5, 5.41) is 16.0. The fourth-order valence-electron chi connectivity index (χ4n) is 5.51. The van der Waals surface area contributed by atoms with Crippen molar-refractivity contribution in [2.24, 2.45) is 10.8 Å². The number of nitrogens with zero attached hydrogens (tertiary/aromatic N) is 5. The Morgan fingerprint density at radius 1 is 1.24 bits per heavy atom. The average Bonchev–Trinajstić information content (AvgIpc) is 3.40. The fourth-order valence-corrected chi connectivity index (χ4v) is 5.51. The summed E-state index contributed by atoms with van der Waals surface area (Å²) in [7, 11) is 0. The lowest BCUT2D eigenvalue weighted by Crippen LogP contribution is -2.61. The number of aryl methyl sites for hydroxylation is 1. The van der Waals surface area contributed by atoms with Crippen LogP contribution >= 0.6 is 0 Å². The van der Waals surface area contributed by atoms with Gasteiger partial charge in [0.15, 0.2) is 0 Å². The summed E-state index contributed by atoms with van der Waals surface area (Å²) in [5.41, 5.74) is 2.69. The number of amides is 1. The number of aldehydes is 1. The summed E-state index contributed by atoms with van der Waals surface area (Å²) in [6.45, 7) is 4.82. The van der Waals surface area contributed by atoms with E-state index in [1.54, 1.807) is 10.9 Å². The lowest BCUT2D eigenvalue weighted by Gasteiger charge is -2.64. The molecule has 3 saturated carbocycles. The van der Waals surface area contributed by atoms with E-state index in [4.69, 9.17) is 5.26 Å². The second-order valence-electron chi connectivity index (χ2n) is 9.67. The van der Waals surface area contributed by atoms with Gasteiger partial charge in [-0.15, -0.1) is 0 Å². The van der Waals surface area contributed by atoms with E-state index in [9.17, 15) is 14.4 Å². The second-order valence-corrected chi connectivity index (χ2v) is 9.67. The van der Waals surface area contributed by atoms with Crippen LogP contribution in [0.15, 0.2) is 11.0 Å². The molecule has 2 aromatic heterocycles. The van der Waals surface area contributed by atoms with Gasteiger partial charge in [0.2, 0.25) is 5.95 Å². The number of nitriles is 1. The Bertz CT molecular complexity index is 1200. The number of rotatable bonds is 3. The van der Waals surface area contributed by atoms with Crippen molar-refractivity contribution >= 4 is 12.2 Å². The molecule has 5 aliphatic rings. The van der Waals surface area contributed by atoms with Gasteiger partial charge >= 0.3 is 0 Å². The van der Waals surface area contributed by atoms with Crippen molar-refractivity contribution in [2.75, 3.05) is 26.2 Å². The molecule has 2 aromatic rings. The van der Waals surface area contributed by atoms with Crippen LogP contribution in [0.3, 0.4) is 0 Å². The Labute approximate surface area is 191 Å². The van der Waals surface area contributed by atoms with Crippen LogP contribution in [0.4, 0.5) is 0 Å². The molecule has 3 heterocycles. The first-order chi connectivity index (χ1) is 15.9. The van der Waals surface area contributed by atoms with Crippen LogP contribution in [0.2, 0.25) is 0 Å². The lowest BCUT2D eigenvalue weighted by atomic mass is 9.36. The number of H-pyrrole nitrogens is 1. The molecule has 0 unspecified atom stereocenters. The van der Waals surface area contributed by atoms with Crippen molar-refractivity contribution < 1.29 is 9.59 Å². The minimum Gasteiger partial charge on any atom is -0.336 e. The smallest absolute Gasteiger partial charge is 0.257 e. The number of hydrogen-bond donors (Lipinski definition) is 2. The molecule has 0 atom stereocenters. The lowest BCUT2D eigenvalue weighted by molar-refractivity contribution is -0.169. The largest absolute Gasteiger partial charge is 0.336 e. The Hall–Kier alpha value is -3.32. The summed E-state index contributed by atoms with van der Waals surface area (Å²) < 4.78 is 1.55. The SMILES string of the molecule is Cc1c(C(=O)N2CCNCC2)cnn1-c1nc2c(c(=O)[nH]1)CCC2.N#CC12CC(C=O)(C1)C2. The first-order valence-electron chi connectivity index (χ1n) is 11.4. The normalized spacial score (nSPS) is 26.7. The van der Waals surface area contributed by atoms with Gasteiger partial charge in [-0.2, -0.15) is 10.4 Å². The summed E-state index contributed by atoms with van der Waals surface area (Å²) >= 11 is 0. The number of carbonyl (C=O) groups excluding carboxylic acids is 2. The summed E-state index contributed by atoms with van der Waals surface area (Å²) in [6.07, 6.45) is 7.64. The molecule has 172 valence electrons. The van der Waals surface area contributed by atoms with Crippen LogP contribution in [-0.4, -0.2) is 63.0 Å². The molecule has 1 saturated heterocycles. The van der Waals surface area contributed by atoms with E-state index < -0.39 is 0 Å². The molecule has 10 heteroatoms. The third-order valence-corrected chi connectivity index (χ3v) is 7.33. The van der Waals surface area contributed by atoms with Crippen molar-refractivity contribution in [1.82, 2.24) is 30.0 Å². The number of hydrogen-bond acceptors (Lipinski definition) is 7. The van der Waals surface area contributed by atoms with E-state index in [1.807, 2.05) is 11.8 Å². The molecule has 0 aromatic carbocycles. The molecule has 4 aliphatic carbocycles. The molecule has 0 spiro atoms. The van der Waals surface area contributed by atoms with Crippen molar-refractivity contribution in [3.63, 3.8) is 0 Å². The standard InChI is InChI=1S/C16H20N6O2.C7H7NO/c1-10-12(15(24)21-7-5-17-6-8-21)9-18-22(10)16-19-13-4-2-3-11(13)14(23)20-16;8-4-6-1-7(2-6,3-6)5-9/h9,17H,2-8H2,1H3,(H,19,20,23);5H,1-3H2. The molecule has 1 aliphatic heterocycles. The first-order valence-corrected chi connectivity index (χ1v) is 11.4. The predicted molar refractivity (Wildman–Crippen MR) is 118 cm³/mol. The van der Waals surface area contributed by atoms with Gasteiger partial charge in [-0.25, -0.2) is 9.67 Å². The fraction of sp³-hybridized carbons (Fsp3) is 0.565. The van der Waals surface area contributed by atoms with Gasteiger partial charge in [-0.3, -0.25) is 14.6 Å². The molecule has 2 N–H and O–H groups in total. The predicted octanol–water partition coefficient (Wildman–Crippen LogP) is 0.677. The molecule has 1 amide bonds. The van der Waals surface area contributed by atoms with E-state index in [-0.39, 0.29) is 22.3 Å². The van der Waals surface area contributed by atoms with Crippen LogP contribution in [0.1, 0.15) is 53.0 Å². The first kappa shape index (κ1) is 21.5. The van der Waals surface area contributed by atoms with Gasteiger partial charge in [0.1, 0.15) is 6.29 Å². The second kappa shape index (κ2) is 7.92. The summed E-state index contributed by atoms with van der Waals surface area (Å²) in [6, 6.07) is 2.24. The highest BCUT2D eigenvalue weighted by atomic mass is 16.2. The third-order valence-electron chi connectivity index (χ3n) is 7.33. The molecular formula is C23H27N7O3. The van der Waals surface area contributed by atoms with Gasteiger partial charge in [-0.05, 0) is 45.4 Å². The molecule has 33 heavy (non-hydrogen) atoms. The van der Waals surface area contributed by atoms with Gasteiger partial charge in [0, 0.05) is 37.2 Å². The van der Waals surface area contributed by atoms with E-state index in [0.29, 0.717) is 30.3 Å². The topological polar surface area (TPSA) is 137 Å². The van der Waals surface area contributed by atoms with Crippen molar-refractivity contribution in [1.29, 1.82) is 5.26 Å². The highest BCUT2D eigenvalue weighted by Crippen LogP contribution is 2.71. The zero-order valence-electron chi connectivity index (χ0n) is 18.7. The molecule has 10 nitrogen and oxygen atoms in total. The van der Waals surface area contributed by atoms with Crippen molar-refractivity contribution in [2.45, 2.75) is 45.4 Å². The maximum Gasteiger partial charge on any atom is 0.257 e. The van der Waals surface area contributed by atoms with Gasteiger partial charge < -0.3 is 15.0 Å². The van der Waals surface area contributed by atoms with Crippen LogP contribution in [0, 0.1) is 29.1 Å². The highest BCUT2D eigenvalue weighted by molar-refractivity contribution is 5.95. The van der Waals surface area contributed by atoms with Crippen LogP contribution in [0.25, 0.3) is 5.95 Å². The Balaban J connectivity index is 0.000000211.